The molecule has 2 fully saturated rings. The fourth-order valence-electron chi connectivity index (χ4n) is 5.63. The van der Waals surface area contributed by atoms with E-state index in [0.29, 0.717) is 28.7 Å². The Hall–Kier alpha value is -2.55. The second-order valence-electron chi connectivity index (χ2n) is 10.1. The first-order valence-electron chi connectivity index (χ1n) is 12.8. The molecule has 5 atom stereocenters. The number of hydrogen-bond acceptors (Lipinski definition) is 6. The van der Waals surface area contributed by atoms with Gasteiger partial charge in [-0.15, -0.1) is 11.8 Å². The number of rotatable bonds is 9. The van der Waals surface area contributed by atoms with Gasteiger partial charge in [0.1, 0.15) is 5.75 Å². The molecule has 1 aliphatic heterocycles. The third-order valence-electron chi connectivity index (χ3n) is 7.76. The van der Waals surface area contributed by atoms with Gasteiger partial charge in [0.25, 0.3) is 5.91 Å². The van der Waals surface area contributed by atoms with Crippen LogP contribution in [-0.4, -0.2) is 64.0 Å². The van der Waals surface area contributed by atoms with Crippen molar-refractivity contribution >= 4 is 23.6 Å². The van der Waals surface area contributed by atoms with Crippen molar-refractivity contribution in [3.05, 3.63) is 59.7 Å². The summed E-state index contributed by atoms with van der Waals surface area (Å²) in [6.07, 6.45) is 4.53. The number of carbonyl (C=O) groups is 2. The summed E-state index contributed by atoms with van der Waals surface area (Å²) in [5, 5.41) is 24.4. The third kappa shape index (κ3) is 6.41. The normalized spacial score (nSPS) is 23.9. The standard InChI is InChI=1S/C28H37N3O4S/c1-18-22(12-7-13-25(18)32)28(35)30-23(17-36-21-10-3-2-4-11-21)26(33)16-31-15-20-9-6-5-8-19(20)14-24(31)27(29)34/h2-4,7,10-13,19-20,23-24,26,32-33H,5-6,8-9,14-17H2,1H3,(H2,29,34)(H,30,35)/t19?,20?,23-,24?,26?/m0/s1. The molecule has 1 saturated heterocycles. The zero-order valence-electron chi connectivity index (χ0n) is 20.8. The summed E-state index contributed by atoms with van der Waals surface area (Å²) in [7, 11) is 0. The zero-order valence-corrected chi connectivity index (χ0v) is 21.6. The minimum atomic E-state index is -0.898. The van der Waals surface area contributed by atoms with Gasteiger partial charge in [-0.2, -0.15) is 0 Å². The number of nitrogens with one attached hydrogen (secondary N) is 1. The summed E-state index contributed by atoms with van der Waals surface area (Å²) in [4.78, 5) is 28.6. The minimum Gasteiger partial charge on any atom is -0.508 e. The summed E-state index contributed by atoms with van der Waals surface area (Å²) in [6, 6.07) is 13.7. The fourth-order valence-corrected chi connectivity index (χ4v) is 6.66. The summed E-state index contributed by atoms with van der Waals surface area (Å²) in [5.74, 6) is 0.846. The van der Waals surface area contributed by atoms with Crippen LogP contribution in [0.5, 0.6) is 5.75 Å². The first kappa shape index (κ1) is 26.5. The number of β-amino-alcohol motifs (C(OH)–C–C–N with tert-alkyl or cyclic N) is 1. The molecule has 2 aliphatic rings. The van der Waals surface area contributed by atoms with E-state index < -0.39 is 18.2 Å². The third-order valence-corrected chi connectivity index (χ3v) is 8.89. The average Bonchev–Trinajstić information content (AvgIpc) is 2.88. The highest BCUT2D eigenvalue weighted by Crippen LogP contribution is 2.38. The van der Waals surface area contributed by atoms with Gasteiger partial charge in [-0.05, 0) is 55.9 Å². The van der Waals surface area contributed by atoms with Crippen molar-refractivity contribution in [2.24, 2.45) is 17.6 Å². The van der Waals surface area contributed by atoms with Crippen LogP contribution in [0.25, 0.3) is 0 Å². The van der Waals surface area contributed by atoms with Crippen molar-refractivity contribution in [2.75, 3.05) is 18.8 Å². The summed E-state index contributed by atoms with van der Waals surface area (Å²) < 4.78 is 0. The number of aliphatic hydroxyl groups is 1. The fraction of sp³-hybridized carbons (Fsp3) is 0.500. The van der Waals surface area contributed by atoms with E-state index in [1.807, 2.05) is 35.2 Å². The van der Waals surface area contributed by atoms with E-state index in [1.54, 1.807) is 36.9 Å². The van der Waals surface area contributed by atoms with Crippen LogP contribution in [0.4, 0.5) is 0 Å². The van der Waals surface area contributed by atoms with Crippen LogP contribution in [0, 0.1) is 18.8 Å². The number of hydrogen-bond donors (Lipinski definition) is 4. The average molecular weight is 512 g/mol. The van der Waals surface area contributed by atoms with E-state index in [-0.39, 0.29) is 24.1 Å². The van der Waals surface area contributed by atoms with Gasteiger partial charge in [0, 0.05) is 34.9 Å². The maximum absolute atomic E-state index is 13.2. The maximum Gasteiger partial charge on any atom is 0.252 e. The van der Waals surface area contributed by atoms with Crippen molar-refractivity contribution in [1.29, 1.82) is 0 Å². The van der Waals surface area contributed by atoms with E-state index in [2.05, 4.69) is 5.32 Å². The van der Waals surface area contributed by atoms with E-state index in [4.69, 9.17) is 5.73 Å². The Balaban J connectivity index is 1.50. The number of carbonyl (C=O) groups excluding carboxylic acids is 2. The number of aromatic hydroxyl groups is 1. The van der Waals surface area contributed by atoms with Crippen molar-refractivity contribution in [1.82, 2.24) is 10.2 Å². The molecule has 5 N–H and O–H groups in total. The number of primary amides is 1. The summed E-state index contributed by atoms with van der Waals surface area (Å²) in [6.45, 7) is 2.70. The SMILES string of the molecule is Cc1c(O)cccc1C(=O)N[C@@H](CSc1ccccc1)C(O)CN1CC2CCCCC2CC1C(N)=O. The Kier molecular flexibility index (Phi) is 8.93. The van der Waals surface area contributed by atoms with Gasteiger partial charge >= 0.3 is 0 Å². The lowest BCUT2D eigenvalue weighted by Gasteiger charge is -2.46. The molecule has 4 unspecified atom stereocenters. The Morgan fingerprint density at radius 1 is 1.11 bits per heavy atom. The number of amides is 2. The largest absolute Gasteiger partial charge is 0.508 e. The number of aliphatic hydroxyl groups excluding tert-OH is 1. The Morgan fingerprint density at radius 2 is 1.83 bits per heavy atom. The number of benzene rings is 2. The molecule has 2 aromatic carbocycles. The molecule has 1 heterocycles. The highest BCUT2D eigenvalue weighted by Gasteiger charge is 2.40. The smallest absolute Gasteiger partial charge is 0.252 e. The van der Waals surface area contributed by atoms with Crippen LogP contribution in [0.2, 0.25) is 0 Å². The molecule has 0 spiro atoms. The second-order valence-corrected chi connectivity index (χ2v) is 11.2. The molecule has 4 rings (SSSR count). The molecule has 1 saturated carbocycles. The van der Waals surface area contributed by atoms with Crippen LogP contribution in [0.3, 0.4) is 0 Å². The van der Waals surface area contributed by atoms with Crippen LogP contribution < -0.4 is 11.1 Å². The number of piperidine rings is 1. The summed E-state index contributed by atoms with van der Waals surface area (Å²) in [5.41, 5.74) is 6.66. The molecule has 1 aliphatic carbocycles. The van der Waals surface area contributed by atoms with Crippen molar-refractivity contribution in [3.63, 3.8) is 0 Å². The Morgan fingerprint density at radius 3 is 2.56 bits per heavy atom. The van der Waals surface area contributed by atoms with Gasteiger partial charge in [-0.3, -0.25) is 14.5 Å². The number of nitrogens with zero attached hydrogens (tertiary/aromatic N) is 1. The first-order chi connectivity index (χ1) is 17.3. The van der Waals surface area contributed by atoms with Crippen molar-refractivity contribution < 1.29 is 19.8 Å². The number of thioether (sulfide) groups is 1. The Bertz CT molecular complexity index is 1050. The van der Waals surface area contributed by atoms with Crippen LogP contribution in [0.1, 0.15) is 48.0 Å². The number of likely N-dealkylation sites (tertiary alicyclic amines) is 1. The van der Waals surface area contributed by atoms with E-state index in [9.17, 15) is 19.8 Å². The molecule has 2 aromatic rings. The molecule has 0 bridgehead atoms. The quantitative estimate of drug-likeness (QED) is 0.384. The minimum absolute atomic E-state index is 0.0538. The number of phenols is 1. The molecule has 7 nitrogen and oxygen atoms in total. The molecule has 36 heavy (non-hydrogen) atoms. The molecule has 0 radical (unpaired) electrons. The number of nitrogens with two attached hydrogens (primary N) is 1. The first-order valence-corrected chi connectivity index (χ1v) is 13.8. The monoisotopic (exact) mass is 511 g/mol. The molecular formula is C28H37N3O4S. The van der Waals surface area contributed by atoms with Crippen LogP contribution in [0.15, 0.2) is 53.4 Å². The van der Waals surface area contributed by atoms with E-state index >= 15 is 0 Å². The van der Waals surface area contributed by atoms with Gasteiger partial charge in [-0.25, -0.2) is 0 Å². The van der Waals surface area contributed by atoms with Crippen LogP contribution >= 0.6 is 11.8 Å². The number of phenolic OH excluding ortho intramolecular Hbond substituents is 1. The predicted molar refractivity (Wildman–Crippen MR) is 142 cm³/mol. The van der Waals surface area contributed by atoms with Gasteiger partial charge in [0.05, 0.1) is 18.2 Å². The van der Waals surface area contributed by atoms with Gasteiger partial charge in [-0.1, -0.05) is 43.5 Å². The second kappa shape index (κ2) is 12.1. The van der Waals surface area contributed by atoms with Crippen molar-refractivity contribution in [2.45, 2.75) is 62.1 Å². The van der Waals surface area contributed by atoms with E-state index in [1.165, 1.54) is 12.8 Å². The topological polar surface area (TPSA) is 116 Å². The van der Waals surface area contributed by atoms with Gasteiger partial charge in [0.2, 0.25) is 5.91 Å². The van der Waals surface area contributed by atoms with Gasteiger partial charge in [0.15, 0.2) is 0 Å². The molecule has 2 amide bonds. The zero-order chi connectivity index (χ0) is 25.7. The molecule has 8 heteroatoms. The highest BCUT2D eigenvalue weighted by atomic mass is 32.2. The van der Waals surface area contributed by atoms with Crippen molar-refractivity contribution in [3.8, 4) is 5.75 Å². The van der Waals surface area contributed by atoms with E-state index in [0.717, 1.165) is 30.7 Å². The molecular weight excluding hydrogens is 474 g/mol. The Labute approximate surface area is 217 Å². The lowest BCUT2D eigenvalue weighted by molar-refractivity contribution is -0.127. The van der Waals surface area contributed by atoms with Gasteiger partial charge < -0.3 is 21.3 Å². The number of fused-ring (bicyclic) bond motifs is 1. The summed E-state index contributed by atoms with van der Waals surface area (Å²) >= 11 is 1.55. The van der Waals surface area contributed by atoms with Crippen LogP contribution in [-0.2, 0) is 4.79 Å². The predicted octanol–water partition coefficient (Wildman–Crippen LogP) is 3.32. The highest BCUT2D eigenvalue weighted by molar-refractivity contribution is 7.99. The molecule has 194 valence electrons. The maximum atomic E-state index is 13.2. The molecule has 0 aromatic heterocycles. The lowest BCUT2D eigenvalue weighted by Crippen LogP contribution is -2.58. The lowest BCUT2D eigenvalue weighted by atomic mass is 9.72.